The summed E-state index contributed by atoms with van der Waals surface area (Å²) in [7, 11) is 5.53. The maximum absolute atomic E-state index is 12.4. The first-order valence-electron chi connectivity index (χ1n) is 6.50. The minimum atomic E-state index is -0.150. The van der Waals surface area contributed by atoms with Gasteiger partial charge in [-0.3, -0.25) is 9.59 Å². The van der Waals surface area contributed by atoms with Gasteiger partial charge in [0.05, 0.1) is 11.4 Å². The molecule has 0 aliphatic carbocycles. The summed E-state index contributed by atoms with van der Waals surface area (Å²) >= 11 is 0. The molecule has 2 amide bonds. The number of benzene rings is 1. The van der Waals surface area contributed by atoms with Crippen molar-refractivity contribution >= 4 is 23.2 Å². The molecule has 0 unspecified atom stereocenters. The molecular formula is C14H20N4O2. The number of hydrogen-bond acceptors (Lipinski definition) is 4. The Bertz CT molecular complexity index is 542. The van der Waals surface area contributed by atoms with Crippen molar-refractivity contribution in [2.45, 2.75) is 0 Å². The Morgan fingerprint density at radius 1 is 1.30 bits per heavy atom. The number of hydrogen-bond donors (Lipinski definition) is 1. The normalized spacial score (nSPS) is 15.4. The van der Waals surface area contributed by atoms with E-state index in [1.807, 2.05) is 25.1 Å². The second-order valence-electron chi connectivity index (χ2n) is 5.21. The van der Waals surface area contributed by atoms with Crippen LogP contribution in [0.4, 0.5) is 11.4 Å². The van der Waals surface area contributed by atoms with Crippen LogP contribution in [0.3, 0.4) is 0 Å². The van der Waals surface area contributed by atoms with E-state index in [-0.39, 0.29) is 18.4 Å². The molecule has 6 nitrogen and oxygen atoms in total. The van der Waals surface area contributed by atoms with E-state index in [1.165, 1.54) is 0 Å². The number of rotatable bonds is 2. The first-order chi connectivity index (χ1) is 9.40. The standard InChI is InChI=1S/C14H20N4O2/c1-16(2)12-5-4-10(8-11(12)15)14(20)18-7-6-17(3)13(19)9-18/h4-5,8H,6-7,9,15H2,1-3H3. The Morgan fingerprint density at radius 2 is 2.00 bits per heavy atom. The van der Waals surface area contributed by atoms with Crippen LogP contribution in [0, 0.1) is 0 Å². The molecule has 0 spiro atoms. The van der Waals surface area contributed by atoms with Gasteiger partial charge in [0, 0.05) is 39.8 Å². The predicted octanol–water partition coefficient (Wildman–Crippen LogP) is 0.249. The minimum Gasteiger partial charge on any atom is -0.397 e. The lowest BCUT2D eigenvalue weighted by Crippen LogP contribution is -2.50. The molecule has 2 N–H and O–H groups in total. The predicted molar refractivity (Wildman–Crippen MR) is 78.7 cm³/mol. The molecule has 1 fully saturated rings. The summed E-state index contributed by atoms with van der Waals surface area (Å²) < 4.78 is 0. The van der Waals surface area contributed by atoms with Crippen LogP contribution in [-0.4, -0.2) is 62.4 Å². The molecule has 1 heterocycles. The second-order valence-corrected chi connectivity index (χ2v) is 5.21. The van der Waals surface area contributed by atoms with E-state index >= 15 is 0 Å². The highest BCUT2D eigenvalue weighted by atomic mass is 16.2. The Balaban J connectivity index is 2.17. The number of anilines is 2. The maximum Gasteiger partial charge on any atom is 0.254 e. The summed E-state index contributed by atoms with van der Waals surface area (Å²) in [5, 5.41) is 0. The fraction of sp³-hybridized carbons (Fsp3) is 0.429. The number of nitrogens with zero attached hydrogens (tertiary/aromatic N) is 3. The molecule has 0 atom stereocenters. The van der Waals surface area contributed by atoms with Gasteiger partial charge in [0.1, 0.15) is 6.54 Å². The summed E-state index contributed by atoms with van der Waals surface area (Å²) in [5.41, 5.74) is 7.90. The van der Waals surface area contributed by atoms with Gasteiger partial charge in [-0.15, -0.1) is 0 Å². The first-order valence-corrected chi connectivity index (χ1v) is 6.50. The maximum atomic E-state index is 12.4. The van der Waals surface area contributed by atoms with Gasteiger partial charge in [0.25, 0.3) is 5.91 Å². The molecule has 0 aromatic heterocycles. The lowest BCUT2D eigenvalue weighted by Gasteiger charge is -2.32. The van der Waals surface area contributed by atoms with E-state index in [4.69, 9.17) is 5.73 Å². The molecule has 1 aliphatic heterocycles. The largest absolute Gasteiger partial charge is 0.397 e. The summed E-state index contributed by atoms with van der Waals surface area (Å²) in [6, 6.07) is 5.23. The van der Waals surface area contributed by atoms with Gasteiger partial charge in [-0.05, 0) is 18.2 Å². The number of carbonyl (C=O) groups is 2. The molecule has 108 valence electrons. The average Bonchev–Trinajstić information content (AvgIpc) is 2.40. The fourth-order valence-corrected chi connectivity index (χ4v) is 2.21. The highest BCUT2D eigenvalue weighted by molar-refractivity contribution is 5.98. The molecular weight excluding hydrogens is 256 g/mol. The minimum absolute atomic E-state index is 0.0394. The lowest BCUT2D eigenvalue weighted by molar-refractivity contribution is -0.133. The van der Waals surface area contributed by atoms with Crippen molar-refractivity contribution < 1.29 is 9.59 Å². The number of piperazine rings is 1. The van der Waals surface area contributed by atoms with E-state index < -0.39 is 0 Å². The smallest absolute Gasteiger partial charge is 0.254 e. The van der Waals surface area contributed by atoms with Crippen molar-refractivity contribution in [1.82, 2.24) is 9.80 Å². The van der Waals surface area contributed by atoms with Crippen molar-refractivity contribution in [2.24, 2.45) is 0 Å². The zero-order chi connectivity index (χ0) is 14.9. The summed E-state index contributed by atoms with van der Waals surface area (Å²) in [5.74, 6) is -0.189. The molecule has 20 heavy (non-hydrogen) atoms. The number of nitrogen functional groups attached to an aromatic ring is 1. The monoisotopic (exact) mass is 276 g/mol. The van der Waals surface area contributed by atoms with Crippen LogP contribution in [0.2, 0.25) is 0 Å². The molecule has 0 bridgehead atoms. The van der Waals surface area contributed by atoms with E-state index in [9.17, 15) is 9.59 Å². The van der Waals surface area contributed by atoms with Gasteiger partial charge < -0.3 is 20.4 Å². The molecule has 0 radical (unpaired) electrons. The number of carbonyl (C=O) groups excluding carboxylic acids is 2. The third kappa shape index (κ3) is 2.68. The third-order valence-corrected chi connectivity index (χ3v) is 3.50. The number of amides is 2. The van der Waals surface area contributed by atoms with Crippen molar-refractivity contribution in [2.75, 3.05) is 51.4 Å². The van der Waals surface area contributed by atoms with Gasteiger partial charge in [0.2, 0.25) is 5.91 Å². The third-order valence-electron chi connectivity index (χ3n) is 3.50. The van der Waals surface area contributed by atoms with Crippen LogP contribution in [0.5, 0.6) is 0 Å². The molecule has 1 aliphatic rings. The van der Waals surface area contributed by atoms with Crippen molar-refractivity contribution in [3.05, 3.63) is 23.8 Å². The van der Waals surface area contributed by atoms with E-state index in [0.29, 0.717) is 24.3 Å². The first kappa shape index (κ1) is 14.2. The second kappa shape index (κ2) is 5.40. The van der Waals surface area contributed by atoms with Crippen LogP contribution < -0.4 is 10.6 Å². The van der Waals surface area contributed by atoms with E-state index in [1.54, 1.807) is 29.0 Å². The van der Waals surface area contributed by atoms with E-state index in [2.05, 4.69) is 0 Å². The quantitative estimate of drug-likeness (QED) is 0.786. The van der Waals surface area contributed by atoms with Crippen molar-refractivity contribution in [3.63, 3.8) is 0 Å². The topological polar surface area (TPSA) is 69.9 Å². The summed E-state index contributed by atoms with van der Waals surface area (Å²) in [6.07, 6.45) is 0. The Morgan fingerprint density at radius 3 is 2.55 bits per heavy atom. The average molecular weight is 276 g/mol. The van der Waals surface area contributed by atoms with Gasteiger partial charge in [0.15, 0.2) is 0 Å². The fourth-order valence-electron chi connectivity index (χ4n) is 2.21. The van der Waals surface area contributed by atoms with Gasteiger partial charge in [-0.1, -0.05) is 0 Å². The van der Waals surface area contributed by atoms with E-state index in [0.717, 1.165) is 5.69 Å². The Kier molecular flexibility index (Phi) is 3.83. The molecule has 2 rings (SSSR count). The lowest BCUT2D eigenvalue weighted by atomic mass is 10.1. The summed E-state index contributed by atoms with van der Waals surface area (Å²) in [4.78, 5) is 29.1. The zero-order valence-electron chi connectivity index (χ0n) is 12.1. The molecule has 0 saturated carbocycles. The highest BCUT2D eigenvalue weighted by Gasteiger charge is 2.25. The molecule has 1 saturated heterocycles. The van der Waals surface area contributed by atoms with Crippen molar-refractivity contribution in [1.29, 1.82) is 0 Å². The highest BCUT2D eigenvalue weighted by Crippen LogP contribution is 2.23. The Hall–Kier alpha value is -2.24. The van der Waals surface area contributed by atoms with Gasteiger partial charge in [-0.2, -0.15) is 0 Å². The van der Waals surface area contributed by atoms with Crippen LogP contribution in [0.15, 0.2) is 18.2 Å². The van der Waals surface area contributed by atoms with Crippen LogP contribution >= 0.6 is 0 Å². The Labute approximate surface area is 118 Å². The molecule has 1 aromatic rings. The van der Waals surface area contributed by atoms with Gasteiger partial charge >= 0.3 is 0 Å². The summed E-state index contributed by atoms with van der Waals surface area (Å²) in [6.45, 7) is 1.25. The van der Waals surface area contributed by atoms with Crippen LogP contribution in [0.25, 0.3) is 0 Å². The number of nitrogens with two attached hydrogens (primary N) is 1. The molecule has 6 heteroatoms. The van der Waals surface area contributed by atoms with Crippen LogP contribution in [0.1, 0.15) is 10.4 Å². The van der Waals surface area contributed by atoms with Crippen LogP contribution in [-0.2, 0) is 4.79 Å². The zero-order valence-corrected chi connectivity index (χ0v) is 12.1. The number of likely N-dealkylation sites (N-methyl/N-ethyl adjacent to an activating group) is 1. The molecule has 1 aromatic carbocycles. The van der Waals surface area contributed by atoms with Gasteiger partial charge in [-0.25, -0.2) is 0 Å². The van der Waals surface area contributed by atoms with Crippen molar-refractivity contribution in [3.8, 4) is 0 Å². The SMILES string of the molecule is CN1CCN(C(=O)c2ccc(N(C)C)c(N)c2)CC1=O.